The van der Waals surface area contributed by atoms with Gasteiger partial charge in [0.1, 0.15) is 6.54 Å². The second-order valence-electron chi connectivity index (χ2n) is 5.03. The number of carbonyl (C=O) groups excluding carboxylic acids is 1. The van der Waals surface area contributed by atoms with Crippen molar-refractivity contribution in [1.82, 2.24) is 0 Å². The Hall–Kier alpha value is -2.33. The summed E-state index contributed by atoms with van der Waals surface area (Å²) in [4.78, 5) is 13.8. The SMILES string of the molecule is CC(N)c1ccc(N2CC(=O)Nc3ccccc32)cc1. The molecule has 0 bridgehead atoms. The molecule has 1 amide bonds. The van der Waals surface area contributed by atoms with E-state index in [1.165, 1.54) is 0 Å². The molecule has 0 saturated heterocycles. The van der Waals surface area contributed by atoms with Crippen LogP contribution in [0.3, 0.4) is 0 Å². The van der Waals surface area contributed by atoms with Gasteiger partial charge in [-0.15, -0.1) is 0 Å². The van der Waals surface area contributed by atoms with Gasteiger partial charge in [-0.2, -0.15) is 0 Å². The third kappa shape index (κ3) is 2.26. The van der Waals surface area contributed by atoms with Gasteiger partial charge in [0.2, 0.25) is 5.91 Å². The van der Waals surface area contributed by atoms with Gasteiger partial charge < -0.3 is 16.0 Å². The predicted molar refractivity (Wildman–Crippen MR) is 81.1 cm³/mol. The molecule has 3 N–H and O–H groups in total. The smallest absolute Gasteiger partial charge is 0.244 e. The lowest BCUT2D eigenvalue weighted by atomic mass is 10.1. The summed E-state index contributed by atoms with van der Waals surface area (Å²) in [5.41, 5.74) is 9.81. The molecular formula is C16H17N3O. The number of nitrogens with zero attached hydrogens (tertiary/aromatic N) is 1. The zero-order chi connectivity index (χ0) is 14.1. The maximum Gasteiger partial charge on any atom is 0.244 e. The minimum atomic E-state index is -0.0000283. The first-order chi connectivity index (χ1) is 9.65. The molecule has 0 radical (unpaired) electrons. The van der Waals surface area contributed by atoms with Crippen LogP contribution in [-0.4, -0.2) is 12.5 Å². The minimum absolute atomic E-state index is 0.0000283. The second-order valence-corrected chi connectivity index (χ2v) is 5.03. The number of hydrogen-bond acceptors (Lipinski definition) is 3. The van der Waals surface area contributed by atoms with Gasteiger partial charge in [-0.1, -0.05) is 24.3 Å². The molecule has 0 saturated carbocycles. The lowest BCUT2D eigenvalue weighted by molar-refractivity contribution is -0.115. The lowest BCUT2D eigenvalue weighted by Gasteiger charge is -2.31. The van der Waals surface area contributed by atoms with Gasteiger partial charge in [-0.3, -0.25) is 4.79 Å². The maximum atomic E-state index is 11.8. The van der Waals surface area contributed by atoms with Gasteiger partial charge in [0.05, 0.1) is 11.4 Å². The number of anilines is 3. The van der Waals surface area contributed by atoms with Crippen molar-refractivity contribution >= 4 is 23.0 Å². The highest BCUT2D eigenvalue weighted by molar-refractivity contribution is 6.03. The molecule has 0 aliphatic carbocycles. The van der Waals surface area contributed by atoms with Gasteiger partial charge in [-0.25, -0.2) is 0 Å². The van der Waals surface area contributed by atoms with Crippen LogP contribution in [0, 0.1) is 0 Å². The number of para-hydroxylation sites is 2. The highest BCUT2D eigenvalue weighted by atomic mass is 16.2. The van der Waals surface area contributed by atoms with Crippen molar-refractivity contribution in [2.24, 2.45) is 5.73 Å². The topological polar surface area (TPSA) is 58.4 Å². The molecule has 1 atom stereocenters. The molecule has 1 aliphatic heterocycles. The molecule has 102 valence electrons. The van der Waals surface area contributed by atoms with E-state index in [1.54, 1.807) is 0 Å². The van der Waals surface area contributed by atoms with Gasteiger partial charge >= 0.3 is 0 Å². The molecule has 4 nitrogen and oxygen atoms in total. The fraction of sp³-hybridized carbons (Fsp3) is 0.188. The summed E-state index contributed by atoms with van der Waals surface area (Å²) in [5.74, 6) is -0.0000283. The molecule has 0 fully saturated rings. The Labute approximate surface area is 118 Å². The van der Waals surface area contributed by atoms with E-state index in [4.69, 9.17) is 5.73 Å². The second kappa shape index (κ2) is 4.98. The van der Waals surface area contributed by atoms with Crippen molar-refractivity contribution in [2.75, 3.05) is 16.8 Å². The van der Waals surface area contributed by atoms with E-state index >= 15 is 0 Å². The van der Waals surface area contributed by atoms with Crippen LogP contribution < -0.4 is 16.0 Å². The Balaban J connectivity index is 1.99. The monoisotopic (exact) mass is 267 g/mol. The normalized spacial score (nSPS) is 15.5. The summed E-state index contributed by atoms with van der Waals surface area (Å²) in [6.07, 6.45) is 0. The number of rotatable bonds is 2. The quantitative estimate of drug-likeness (QED) is 0.879. The van der Waals surface area contributed by atoms with Crippen molar-refractivity contribution in [3.63, 3.8) is 0 Å². The maximum absolute atomic E-state index is 11.8. The largest absolute Gasteiger partial charge is 0.330 e. The summed E-state index contributed by atoms with van der Waals surface area (Å²) in [6.45, 7) is 2.28. The Morgan fingerprint density at radius 3 is 2.55 bits per heavy atom. The standard InChI is InChI=1S/C16H17N3O/c1-11(17)12-6-8-13(9-7-12)19-10-16(20)18-14-4-2-3-5-15(14)19/h2-9,11H,10,17H2,1H3,(H,18,20). The van der Waals surface area contributed by atoms with Crippen molar-refractivity contribution in [3.05, 3.63) is 54.1 Å². The van der Waals surface area contributed by atoms with Crippen LogP contribution in [0.1, 0.15) is 18.5 Å². The van der Waals surface area contributed by atoms with E-state index in [-0.39, 0.29) is 11.9 Å². The van der Waals surface area contributed by atoms with Crippen LogP contribution in [-0.2, 0) is 4.79 Å². The lowest BCUT2D eigenvalue weighted by Crippen LogP contribution is -2.34. The molecule has 3 rings (SSSR count). The molecule has 1 heterocycles. The average Bonchev–Trinajstić information content (AvgIpc) is 2.46. The van der Waals surface area contributed by atoms with E-state index in [9.17, 15) is 4.79 Å². The highest BCUT2D eigenvalue weighted by Gasteiger charge is 2.22. The summed E-state index contributed by atoms with van der Waals surface area (Å²) < 4.78 is 0. The van der Waals surface area contributed by atoms with Gasteiger partial charge in [0, 0.05) is 11.7 Å². The van der Waals surface area contributed by atoms with E-state index in [1.807, 2.05) is 60.4 Å². The average molecular weight is 267 g/mol. The van der Waals surface area contributed by atoms with Crippen LogP contribution in [0.4, 0.5) is 17.1 Å². The summed E-state index contributed by atoms with van der Waals surface area (Å²) in [6, 6.07) is 15.9. The zero-order valence-electron chi connectivity index (χ0n) is 11.3. The Bertz CT molecular complexity index is 634. The molecule has 1 unspecified atom stereocenters. The number of amides is 1. The first-order valence-corrected chi connectivity index (χ1v) is 6.67. The fourth-order valence-corrected chi connectivity index (χ4v) is 2.42. The number of fused-ring (bicyclic) bond motifs is 1. The fourth-order valence-electron chi connectivity index (χ4n) is 2.42. The molecule has 0 aromatic heterocycles. The number of hydrogen-bond donors (Lipinski definition) is 2. The number of carbonyl (C=O) groups is 1. The van der Waals surface area contributed by atoms with Crippen LogP contribution in [0.5, 0.6) is 0 Å². The first-order valence-electron chi connectivity index (χ1n) is 6.67. The molecule has 1 aliphatic rings. The number of benzene rings is 2. The first kappa shape index (κ1) is 12.7. The van der Waals surface area contributed by atoms with Crippen molar-refractivity contribution in [1.29, 1.82) is 0 Å². The van der Waals surface area contributed by atoms with Crippen LogP contribution >= 0.6 is 0 Å². The molecule has 4 heteroatoms. The van der Waals surface area contributed by atoms with E-state index < -0.39 is 0 Å². The molecule has 20 heavy (non-hydrogen) atoms. The predicted octanol–water partition coefficient (Wildman–Crippen LogP) is 2.80. The van der Waals surface area contributed by atoms with Crippen molar-refractivity contribution in [2.45, 2.75) is 13.0 Å². The van der Waals surface area contributed by atoms with E-state index in [0.717, 1.165) is 22.6 Å². The van der Waals surface area contributed by atoms with E-state index in [0.29, 0.717) is 6.54 Å². The van der Waals surface area contributed by atoms with Crippen molar-refractivity contribution < 1.29 is 4.79 Å². The zero-order valence-corrected chi connectivity index (χ0v) is 11.3. The molecule has 2 aromatic carbocycles. The van der Waals surface area contributed by atoms with Crippen LogP contribution in [0.25, 0.3) is 0 Å². The highest BCUT2D eigenvalue weighted by Crippen LogP contribution is 2.34. The van der Waals surface area contributed by atoms with Crippen LogP contribution in [0.15, 0.2) is 48.5 Å². The summed E-state index contributed by atoms with van der Waals surface area (Å²) in [5, 5.41) is 2.89. The molecule has 0 spiro atoms. The van der Waals surface area contributed by atoms with Crippen molar-refractivity contribution in [3.8, 4) is 0 Å². The number of nitrogens with one attached hydrogen (secondary N) is 1. The van der Waals surface area contributed by atoms with Crippen LogP contribution in [0.2, 0.25) is 0 Å². The third-order valence-corrected chi connectivity index (χ3v) is 3.50. The molecule has 2 aromatic rings. The third-order valence-electron chi connectivity index (χ3n) is 3.50. The Morgan fingerprint density at radius 2 is 1.85 bits per heavy atom. The number of nitrogens with two attached hydrogens (primary N) is 1. The molecular weight excluding hydrogens is 250 g/mol. The van der Waals surface area contributed by atoms with Gasteiger partial charge in [0.25, 0.3) is 0 Å². The van der Waals surface area contributed by atoms with E-state index in [2.05, 4.69) is 5.32 Å². The van der Waals surface area contributed by atoms with Gasteiger partial charge in [-0.05, 0) is 36.8 Å². The summed E-state index contributed by atoms with van der Waals surface area (Å²) in [7, 11) is 0. The van der Waals surface area contributed by atoms with Gasteiger partial charge in [0.15, 0.2) is 0 Å². The summed E-state index contributed by atoms with van der Waals surface area (Å²) >= 11 is 0. The Morgan fingerprint density at radius 1 is 1.15 bits per heavy atom. The minimum Gasteiger partial charge on any atom is -0.330 e. The Kier molecular flexibility index (Phi) is 3.16.